The molecule has 5 atom stereocenters. The third-order valence-electron chi connectivity index (χ3n) is 5.55. The summed E-state index contributed by atoms with van der Waals surface area (Å²) in [5.74, 6) is -1.31. The molecule has 0 N–H and O–H groups in total. The van der Waals surface area contributed by atoms with E-state index in [-0.39, 0.29) is 35.7 Å². The number of esters is 3. The van der Waals surface area contributed by atoms with Gasteiger partial charge >= 0.3 is 17.9 Å². The molecule has 5 unspecified atom stereocenters. The van der Waals surface area contributed by atoms with E-state index in [0.29, 0.717) is 6.42 Å². The first kappa shape index (κ1) is 16.3. The van der Waals surface area contributed by atoms with Gasteiger partial charge in [0, 0.05) is 11.8 Å². The van der Waals surface area contributed by atoms with Crippen LogP contribution in [-0.4, -0.2) is 35.2 Å². The molecule has 23 heavy (non-hydrogen) atoms. The van der Waals surface area contributed by atoms with Crippen molar-refractivity contribution in [2.45, 2.75) is 64.8 Å². The number of fused-ring (bicyclic) bond motifs is 1. The molecule has 0 amide bonds. The van der Waals surface area contributed by atoms with Gasteiger partial charge in [-0.2, -0.15) is 0 Å². The summed E-state index contributed by atoms with van der Waals surface area (Å²) >= 11 is 0. The molecule has 2 aliphatic carbocycles. The summed E-state index contributed by atoms with van der Waals surface area (Å²) in [6.07, 6.45) is 1.17. The fourth-order valence-corrected chi connectivity index (χ4v) is 4.09. The minimum Gasteiger partial charge on any atom is -0.458 e. The van der Waals surface area contributed by atoms with E-state index in [1.54, 1.807) is 13.8 Å². The molecule has 0 aromatic carbocycles. The third-order valence-corrected chi connectivity index (χ3v) is 5.55. The number of ether oxygens (including phenoxy) is 3. The number of carbonyl (C=O) groups excluding carboxylic acids is 3. The monoisotopic (exact) mass is 324 g/mol. The maximum absolute atomic E-state index is 12.6. The first-order chi connectivity index (χ1) is 10.6. The van der Waals surface area contributed by atoms with Crippen LogP contribution in [0.2, 0.25) is 0 Å². The number of rotatable bonds is 4. The van der Waals surface area contributed by atoms with Gasteiger partial charge < -0.3 is 14.2 Å². The SMILES string of the molecule is CC(C)C(=O)OC(C)(C)C(=O)OC1(C)C2CC3C(=O)OC1C3C2. The Morgan fingerprint density at radius 2 is 1.96 bits per heavy atom. The molecule has 3 rings (SSSR count). The standard InChI is InChI=1S/C17H24O6/c1-8(2)13(18)22-16(3,4)15(20)23-17(5)9-6-10-11(7-9)14(19)21-12(10)17/h8-12H,6-7H2,1-5H3. The van der Waals surface area contributed by atoms with Gasteiger partial charge in [0.1, 0.15) is 11.7 Å². The van der Waals surface area contributed by atoms with E-state index >= 15 is 0 Å². The Morgan fingerprint density at radius 3 is 2.57 bits per heavy atom. The van der Waals surface area contributed by atoms with Crippen LogP contribution in [0, 0.1) is 23.7 Å². The highest BCUT2D eigenvalue weighted by Crippen LogP contribution is 2.60. The largest absolute Gasteiger partial charge is 0.458 e. The summed E-state index contributed by atoms with van der Waals surface area (Å²) in [7, 11) is 0. The molecule has 1 aliphatic heterocycles. The minimum atomic E-state index is -1.37. The highest BCUT2D eigenvalue weighted by Gasteiger charge is 2.69. The van der Waals surface area contributed by atoms with Crippen LogP contribution < -0.4 is 0 Å². The molecule has 1 saturated heterocycles. The fourth-order valence-electron chi connectivity index (χ4n) is 4.09. The predicted molar refractivity (Wildman–Crippen MR) is 79.1 cm³/mol. The Bertz CT molecular complexity index is 565. The van der Waals surface area contributed by atoms with Gasteiger partial charge in [0.05, 0.1) is 11.8 Å². The van der Waals surface area contributed by atoms with Crippen molar-refractivity contribution in [1.29, 1.82) is 0 Å². The summed E-state index contributed by atoms with van der Waals surface area (Å²) in [4.78, 5) is 36.2. The van der Waals surface area contributed by atoms with Gasteiger partial charge in [-0.1, -0.05) is 13.8 Å². The second-order valence-electron chi connectivity index (χ2n) is 7.96. The molecule has 6 nitrogen and oxygen atoms in total. The van der Waals surface area contributed by atoms with Gasteiger partial charge in [-0.25, -0.2) is 4.79 Å². The smallest absolute Gasteiger partial charge is 0.350 e. The molecule has 2 bridgehead atoms. The van der Waals surface area contributed by atoms with Crippen molar-refractivity contribution < 1.29 is 28.6 Å². The molecular weight excluding hydrogens is 300 g/mol. The average molecular weight is 324 g/mol. The van der Waals surface area contributed by atoms with Crippen molar-refractivity contribution >= 4 is 17.9 Å². The first-order valence-corrected chi connectivity index (χ1v) is 8.23. The zero-order valence-corrected chi connectivity index (χ0v) is 14.3. The zero-order valence-electron chi connectivity index (χ0n) is 14.3. The highest BCUT2D eigenvalue weighted by atomic mass is 16.6. The van der Waals surface area contributed by atoms with Crippen LogP contribution in [0.1, 0.15) is 47.5 Å². The first-order valence-electron chi connectivity index (χ1n) is 8.23. The third kappa shape index (κ3) is 2.34. The van der Waals surface area contributed by atoms with E-state index in [4.69, 9.17) is 14.2 Å². The lowest BCUT2D eigenvalue weighted by Crippen LogP contribution is -2.52. The van der Waals surface area contributed by atoms with Crippen molar-refractivity contribution in [3.05, 3.63) is 0 Å². The lowest BCUT2D eigenvalue weighted by Gasteiger charge is -2.38. The lowest BCUT2D eigenvalue weighted by molar-refractivity contribution is -0.202. The normalized spacial score (nSPS) is 37.9. The van der Waals surface area contributed by atoms with Gasteiger partial charge in [-0.05, 0) is 33.6 Å². The van der Waals surface area contributed by atoms with Crippen LogP contribution in [0.25, 0.3) is 0 Å². The molecule has 128 valence electrons. The molecule has 0 spiro atoms. The van der Waals surface area contributed by atoms with Gasteiger partial charge in [-0.3, -0.25) is 9.59 Å². The lowest BCUT2D eigenvalue weighted by atomic mass is 9.79. The summed E-state index contributed by atoms with van der Waals surface area (Å²) in [6, 6.07) is 0. The maximum atomic E-state index is 12.6. The summed E-state index contributed by atoms with van der Waals surface area (Å²) < 4.78 is 16.5. The Hall–Kier alpha value is -1.59. The van der Waals surface area contributed by atoms with E-state index in [0.717, 1.165) is 6.42 Å². The second kappa shape index (κ2) is 4.95. The van der Waals surface area contributed by atoms with Gasteiger partial charge in [0.2, 0.25) is 5.60 Å². The van der Waals surface area contributed by atoms with Gasteiger partial charge in [0.15, 0.2) is 0 Å². The molecule has 3 fully saturated rings. The van der Waals surface area contributed by atoms with Crippen LogP contribution in [0.3, 0.4) is 0 Å². The van der Waals surface area contributed by atoms with Crippen LogP contribution in [0.15, 0.2) is 0 Å². The van der Waals surface area contributed by atoms with E-state index in [1.165, 1.54) is 13.8 Å². The molecule has 1 heterocycles. The van der Waals surface area contributed by atoms with E-state index in [9.17, 15) is 14.4 Å². The quantitative estimate of drug-likeness (QED) is 0.580. The van der Waals surface area contributed by atoms with Gasteiger partial charge in [0.25, 0.3) is 0 Å². The molecule has 0 aromatic heterocycles. The minimum absolute atomic E-state index is 0.0384. The maximum Gasteiger partial charge on any atom is 0.350 e. The predicted octanol–water partition coefficient (Wildman–Crippen LogP) is 1.85. The Morgan fingerprint density at radius 1 is 1.30 bits per heavy atom. The van der Waals surface area contributed by atoms with Crippen molar-refractivity contribution in [3.8, 4) is 0 Å². The van der Waals surface area contributed by atoms with Gasteiger partial charge in [-0.15, -0.1) is 0 Å². The molecule has 0 aromatic rings. The molecule has 2 saturated carbocycles. The Kier molecular flexibility index (Phi) is 3.50. The summed E-state index contributed by atoms with van der Waals surface area (Å²) in [6.45, 7) is 8.29. The fraction of sp³-hybridized carbons (Fsp3) is 0.824. The zero-order chi connectivity index (χ0) is 17.2. The van der Waals surface area contributed by atoms with Crippen LogP contribution in [0.4, 0.5) is 0 Å². The number of hydrogen-bond acceptors (Lipinski definition) is 6. The molecular formula is C17H24O6. The summed E-state index contributed by atoms with van der Waals surface area (Å²) in [5.41, 5.74) is -2.19. The molecule has 3 aliphatic rings. The highest BCUT2D eigenvalue weighted by molar-refractivity contribution is 5.84. The molecule has 6 heteroatoms. The Balaban J connectivity index is 1.73. The summed E-state index contributed by atoms with van der Waals surface area (Å²) in [5, 5.41) is 0. The van der Waals surface area contributed by atoms with Crippen LogP contribution in [0.5, 0.6) is 0 Å². The van der Waals surface area contributed by atoms with Crippen LogP contribution >= 0.6 is 0 Å². The van der Waals surface area contributed by atoms with Crippen molar-refractivity contribution in [3.63, 3.8) is 0 Å². The number of hydrogen-bond donors (Lipinski definition) is 0. The van der Waals surface area contributed by atoms with Crippen molar-refractivity contribution in [2.24, 2.45) is 23.7 Å². The number of carbonyl (C=O) groups is 3. The van der Waals surface area contributed by atoms with Crippen LogP contribution in [-0.2, 0) is 28.6 Å². The average Bonchev–Trinajstić information content (AvgIpc) is 3.03. The van der Waals surface area contributed by atoms with E-state index in [1.807, 2.05) is 6.92 Å². The van der Waals surface area contributed by atoms with Crippen molar-refractivity contribution in [1.82, 2.24) is 0 Å². The van der Waals surface area contributed by atoms with E-state index in [2.05, 4.69) is 0 Å². The van der Waals surface area contributed by atoms with Crippen molar-refractivity contribution in [2.75, 3.05) is 0 Å². The second-order valence-corrected chi connectivity index (χ2v) is 7.96. The van der Waals surface area contributed by atoms with E-state index < -0.39 is 23.1 Å². The molecule has 0 radical (unpaired) electrons. The topological polar surface area (TPSA) is 78.9 Å². The Labute approximate surface area is 135 Å².